The van der Waals surface area contributed by atoms with E-state index >= 15 is 0 Å². The van der Waals surface area contributed by atoms with Gasteiger partial charge < -0.3 is 19.3 Å². The Morgan fingerprint density at radius 3 is 2.59 bits per heavy atom. The molecule has 122 valence electrons. The molecule has 0 aromatic heterocycles. The lowest BCUT2D eigenvalue weighted by molar-refractivity contribution is -0.233. The van der Waals surface area contributed by atoms with Gasteiger partial charge in [-0.25, -0.2) is 0 Å². The third kappa shape index (κ3) is 4.73. The molecule has 5 atom stereocenters. The number of hydrogen-bond acceptors (Lipinski definition) is 7. The first-order valence-electron chi connectivity index (χ1n) is 6.71. The fourth-order valence-electron chi connectivity index (χ4n) is 2.28. The number of allylic oxidation sites excluding steroid dienone is 1. The molecule has 0 amide bonds. The standard InChI is InChI=1S/C13H19N3O6/c1-4-5-9-10(6-20-7(2)17)22-13(19)11(15-16-14)12(9)21-8(3)18/h4-5,9-13,19H,6H2,1-3H3/t9-,10?,11?,12+,13?/m1/s1. The highest BCUT2D eigenvalue weighted by atomic mass is 16.6. The Kier molecular flexibility index (Phi) is 6.84. The summed E-state index contributed by atoms with van der Waals surface area (Å²) in [6.07, 6.45) is 0.268. The molecule has 1 rings (SSSR count). The maximum absolute atomic E-state index is 11.3. The summed E-state index contributed by atoms with van der Waals surface area (Å²) in [5, 5.41) is 13.4. The summed E-state index contributed by atoms with van der Waals surface area (Å²) in [6.45, 7) is 4.09. The minimum atomic E-state index is -1.47. The molecular weight excluding hydrogens is 294 g/mol. The Balaban J connectivity index is 3.08. The summed E-state index contributed by atoms with van der Waals surface area (Å²) in [5.41, 5.74) is 8.61. The largest absolute Gasteiger partial charge is 0.463 e. The van der Waals surface area contributed by atoms with Gasteiger partial charge in [0.05, 0.1) is 0 Å². The van der Waals surface area contributed by atoms with E-state index in [1.54, 1.807) is 19.1 Å². The molecule has 0 saturated carbocycles. The molecule has 9 nitrogen and oxygen atoms in total. The van der Waals surface area contributed by atoms with Crippen LogP contribution in [-0.2, 0) is 23.8 Å². The van der Waals surface area contributed by atoms with Crippen molar-refractivity contribution in [3.8, 4) is 0 Å². The fourth-order valence-corrected chi connectivity index (χ4v) is 2.28. The Bertz CT molecular complexity index is 488. The molecular formula is C13H19N3O6. The van der Waals surface area contributed by atoms with E-state index in [0.717, 1.165) is 0 Å². The molecule has 0 spiro atoms. The quantitative estimate of drug-likeness (QED) is 0.265. The lowest BCUT2D eigenvalue weighted by atomic mass is 9.87. The molecule has 0 radical (unpaired) electrons. The number of carbonyl (C=O) groups excluding carboxylic acids is 2. The molecule has 22 heavy (non-hydrogen) atoms. The van der Waals surface area contributed by atoms with Crippen LogP contribution in [0.1, 0.15) is 20.8 Å². The van der Waals surface area contributed by atoms with Gasteiger partial charge in [-0.15, -0.1) is 0 Å². The van der Waals surface area contributed by atoms with Gasteiger partial charge in [0.1, 0.15) is 24.9 Å². The highest BCUT2D eigenvalue weighted by molar-refractivity contribution is 5.66. The predicted octanol–water partition coefficient (Wildman–Crippen LogP) is 1.07. The van der Waals surface area contributed by atoms with Crippen molar-refractivity contribution >= 4 is 11.9 Å². The van der Waals surface area contributed by atoms with Crippen molar-refractivity contribution in [2.24, 2.45) is 11.0 Å². The molecule has 1 fully saturated rings. The van der Waals surface area contributed by atoms with Crippen LogP contribution in [0.5, 0.6) is 0 Å². The second kappa shape index (κ2) is 8.38. The average molecular weight is 313 g/mol. The SMILES string of the molecule is CC=C[C@@H]1C(COC(C)=O)OC(O)C(N=[N+]=[N-])[C@H]1OC(C)=O. The average Bonchev–Trinajstić information content (AvgIpc) is 2.43. The number of esters is 2. The summed E-state index contributed by atoms with van der Waals surface area (Å²) in [7, 11) is 0. The number of aliphatic hydroxyl groups is 1. The van der Waals surface area contributed by atoms with Gasteiger partial charge in [-0.3, -0.25) is 9.59 Å². The first-order chi connectivity index (χ1) is 10.4. The molecule has 1 aliphatic heterocycles. The maximum atomic E-state index is 11.3. The molecule has 1 heterocycles. The summed E-state index contributed by atoms with van der Waals surface area (Å²) in [5.74, 6) is -1.62. The Morgan fingerprint density at radius 2 is 2.09 bits per heavy atom. The smallest absolute Gasteiger partial charge is 0.302 e. The first-order valence-corrected chi connectivity index (χ1v) is 6.71. The number of carbonyl (C=O) groups is 2. The summed E-state index contributed by atoms with van der Waals surface area (Å²) >= 11 is 0. The van der Waals surface area contributed by atoms with Crippen LogP contribution >= 0.6 is 0 Å². The molecule has 1 N–H and O–H groups in total. The van der Waals surface area contributed by atoms with Crippen molar-refractivity contribution in [2.45, 2.75) is 45.3 Å². The summed E-state index contributed by atoms with van der Waals surface area (Å²) < 4.78 is 15.4. The van der Waals surface area contributed by atoms with Crippen molar-refractivity contribution < 1.29 is 28.9 Å². The normalized spacial score (nSPS) is 31.4. The first kappa shape index (κ1) is 18.0. The Hall–Kier alpha value is -2.09. The third-order valence-corrected chi connectivity index (χ3v) is 3.10. The van der Waals surface area contributed by atoms with Gasteiger partial charge >= 0.3 is 11.9 Å². The van der Waals surface area contributed by atoms with Crippen LogP contribution in [0.3, 0.4) is 0 Å². The predicted molar refractivity (Wildman–Crippen MR) is 74.3 cm³/mol. The molecule has 0 aromatic rings. The molecule has 0 aliphatic carbocycles. The van der Waals surface area contributed by atoms with E-state index < -0.39 is 42.4 Å². The third-order valence-electron chi connectivity index (χ3n) is 3.10. The zero-order valence-electron chi connectivity index (χ0n) is 12.6. The van der Waals surface area contributed by atoms with Crippen LogP contribution in [0.2, 0.25) is 0 Å². The summed E-state index contributed by atoms with van der Waals surface area (Å²) in [4.78, 5) is 24.9. The minimum absolute atomic E-state index is 0.123. The van der Waals surface area contributed by atoms with Gasteiger partial charge in [-0.1, -0.05) is 17.3 Å². The van der Waals surface area contributed by atoms with E-state index in [9.17, 15) is 14.7 Å². The van der Waals surface area contributed by atoms with Crippen molar-refractivity contribution in [3.05, 3.63) is 22.6 Å². The Morgan fingerprint density at radius 1 is 1.41 bits per heavy atom. The molecule has 1 saturated heterocycles. The fraction of sp³-hybridized carbons (Fsp3) is 0.692. The van der Waals surface area contributed by atoms with Crippen LogP contribution in [0.4, 0.5) is 0 Å². The molecule has 0 aromatic carbocycles. The zero-order chi connectivity index (χ0) is 16.7. The van der Waals surface area contributed by atoms with E-state index in [1.807, 2.05) is 0 Å². The lowest BCUT2D eigenvalue weighted by Gasteiger charge is -2.41. The van der Waals surface area contributed by atoms with Gasteiger partial charge in [0.25, 0.3) is 0 Å². The maximum Gasteiger partial charge on any atom is 0.302 e. The molecule has 3 unspecified atom stereocenters. The lowest BCUT2D eigenvalue weighted by Crippen LogP contribution is -2.55. The highest BCUT2D eigenvalue weighted by Crippen LogP contribution is 2.31. The van der Waals surface area contributed by atoms with E-state index in [4.69, 9.17) is 19.7 Å². The topological polar surface area (TPSA) is 131 Å². The van der Waals surface area contributed by atoms with Gasteiger partial charge in [0, 0.05) is 24.7 Å². The number of rotatable bonds is 5. The van der Waals surface area contributed by atoms with Crippen LogP contribution < -0.4 is 0 Å². The van der Waals surface area contributed by atoms with Crippen molar-refractivity contribution in [3.63, 3.8) is 0 Å². The van der Waals surface area contributed by atoms with Crippen LogP contribution in [0.25, 0.3) is 10.4 Å². The zero-order valence-corrected chi connectivity index (χ0v) is 12.6. The number of nitrogens with zero attached hydrogens (tertiary/aromatic N) is 3. The van der Waals surface area contributed by atoms with Crippen LogP contribution in [0.15, 0.2) is 17.3 Å². The van der Waals surface area contributed by atoms with Gasteiger partial charge in [0.2, 0.25) is 0 Å². The van der Waals surface area contributed by atoms with Crippen molar-refractivity contribution in [1.29, 1.82) is 0 Å². The van der Waals surface area contributed by atoms with E-state index in [0.29, 0.717) is 0 Å². The number of ether oxygens (including phenoxy) is 3. The number of hydrogen-bond donors (Lipinski definition) is 1. The Labute approximate surface area is 127 Å². The van der Waals surface area contributed by atoms with Crippen molar-refractivity contribution in [2.75, 3.05) is 6.61 Å². The van der Waals surface area contributed by atoms with E-state index in [-0.39, 0.29) is 6.61 Å². The van der Waals surface area contributed by atoms with Gasteiger partial charge in [-0.2, -0.15) is 0 Å². The number of aliphatic hydroxyl groups excluding tert-OH is 1. The molecule has 1 aliphatic rings. The van der Waals surface area contributed by atoms with Gasteiger partial charge in [-0.05, 0) is 12.5 Å². The highest BCUT2D eigenvalue weighted by Gasteiger charge is 2.46. The molecule has 0 bridgehead atoms. The van der Waals surface area contributed by atoms with Gasteiger partial charge in [0.15, 0.2) is 6.29 Å². The van der Waals surface area contributed by atoms with Crippen LogP contribution in [-0.4, -0.2) is 48.2 Å². The number of azide groups is 1. The summed E-state index contributed by atoms with van der Waals surface area (Å²) in [6, 6.07) is -1.09. The second-order valence-electron chi connectivity index (χ2n) is 4.74. The monoisotopic (exact) mass is 313 g/mol. The van der Waals surface area contributed by atoms with Crippen molar-refractivity contribution in [1.82, 2.24) is 0 Å². The minimum Gasteiger partial charge on any atom is -0.463 e. The molecule has 9 heteroatoms. The van der Waals surface area contributed by atoms with Crippen LogP contribution in [0, 0.1) is 5.92 Å². The van der Waals surface area contributed by atoms with E-state index in [2.05, 4.69) is 10.0 Å². The second-order valence-corrected chi connectivity index (χ2v) is 4.74. The van der Waals surface area contributed by atoms with E-state index in [1.165, 1.54) is 13.8 Å².